The molecule has 0 saturated carbocycles. The minimum atomic E-state index is -0.265. The number of rotatable bonds is 5. The van der Waals surface area contributed by atoms with Crippen molar-refractivity contribution in [3.8, 4) is 11.5 Å². The van der Waals surface area contributed by atoms with E-state index in [1.54, 1.807) is 36.4 Å². The summed E-state index contributed by atoms with van der Waals surface area (Å²) in [4.78, 5) is 0. The van der Waals surface area contributed by atoms with Crippen LogP contribution in [0.15, 0.2) is 48.5 Å². The fourth-order valence-corrected chi connectivity index (χ4v) is 1.77. The molecule has 0 amide bonds. The first-order chi connectivity index (χ1) is 9.19. The monoisotopic (exact) mass is 261 g/mol. The van der Waals surface area contributed by atoms with Crippen molar-refractivity contribution < 1.29 is 14.2 Å². The highest BCUT2D eigenvalue weighted by molar-refractivity contribution is 5.30. The van der Waals surface area contributed by atoms with Crippen molar-refractivity contribution in [1.82, 2.24) is 0 Å². The summed E-state index contributed by atoms with van der Waals surface area (Å²) in [6.07, 6.45) is 0. The topological polar surface area (TPSA) is 55.5 Å². The SMILES string of the molecule is NCC(COc1ccc(O)cc1)c1ccc(F)cc1. The average Bonchev–Trinajstić information content (AvgIpc) is 2.43. The smallest absolute Gasteiger partial charge is 0.123 e. The third kappa shape index (κ3) is 3.69. The molecule has 0 radical (unpaired) electrons. The second kappa shape index (κ2) is 6.20. The molecule has 2 rings (SSSR count). The van der Waals surface area contributed by atoms with E-state index in [-0.39, 0.29) is 17.5 Å². The number of benzene rings is 2. The maximum absolute atomic E-state index is 12.9. The van der Waals surface area contributed by atoms with Crippen molar-refractivity contribution in [2.75, 3.05) is 13.2 Å². The van der Waals surface area contributed by atoms with Gasteiger partial charge in [-0.2, -0.15) is 0 Å². The van der Waals surface area contributed by atoms with Crippen LogP contribution in [-0.2, 0) is 0 Å². The third-order valence-corrected chi connectivity index (χ3v) is 2.91. The normalized spacial score (nSPS) is 12.1. The Labute approximate surface area is 111 Å². The van der Waals surface area contributed by atoms with Crippen LogP contribution in [0, 0.1) is 5.82 Å². The maximum atomic E-state index is 12.9. The van der Waals surface area contributed by atoms with Gasteiger partial charge in [-0.3, -0.25) is 0 Å². The van der Waals surface area contributed by atoms with Crippen LogP contribution in [0.3, 0.4) is 0 Å². The number of halogens is 1. The molecule has 4 heteroatoms. The van der Waals surface area contributed by atoms with Crippen molar-refractivity contribution >= 4 is 0 Å². The zero-order chi connectivity index (χ0) is 13.7. The van der Waals surface area contributed by atoms with Crippen LogP contribution >= 0.6 is 0 Å². The van der Waals surface area contributed by atoms with Crippen LogP contribution in [0.1, 0.15) is 11.5 Å². The van der Waals surface area contributed by atoms with E-state index in [0.717, 1.165) is 5.56 Å². The highest BCUT2D eigenvalue weighted by Gasteiger charge is 2.10. The summed E-state index contributed by atoms with van der Waals surface area (Å²) in [5.74, 6) is 0.605. The minimum Gasteiger partial charge on any atom is -0.508 e. The molecule has 0 heterocycles. The van der Waals surface area contributed by atoms with E-state index in [9.17, 15) is 9.50 Å². The highest BCUT2D eigenvalue weighted by Crippen LogP contribution is 2.20. The predicted octanol–water partition coefficient (Wildman–Crippen LogP) is 2.65. The summed E-state index contributed by atoms with van der Waals surface area (Å²) >= 11 is 0. The van der Waals surface area contributed by atoms with Crippen molar-refractivity contribution in [3.63, 3.8) is 0 Å². The van der Waals surface area contributed by atoms with Gasteiger partial charge in [-0.1, -0.05) is 12.1 Å². The van der Waals surface area contributed by atoms with E-state index in [1.165, 1.54) is 12.1 Å². The van der Waals surface area contributed by atoms with E-state index < -0.39 is 0 Å². The molecule has 0 spiro atoms. The van der Waals surface area contributed by atoms with E-state index >= 15 is 0 Å². The minimum absolute atomic E-state index is 0.00871. The Morgan fingerprint density at radius 2 is 1.68 bits per heavy atom. The van der Waals surface area contributed by atoms with E-state index in [1.807, 2.05) is 0 Å². The number of phenolic OH excluding ortho intramolecular Hbond substituents is 1. The second-order valence-corrected chi connectivity index (χ2v) is 4.29. The Morgan fingerprint density at radius 1 is 1.05 bits per heavy atom. The van der Waals surface area contributed by atoms with Crippen LogP contribution in [0.5, 0.6) is 11.5 Å². The number of hydrogen-bond acceptors (Lipinski definition) is 3. The van der Waals surface area contributed by atoms with Gasteiger partial charge in [-0.05, 0) is 42.0 Å². The summed E-state index contributed by atoms with van der Waals surface area (Å²) < 4.78 is 18.5. The molecule has 19 heavy (non-hydrogen) atoms. The van der Waals surface area contributed by atoms with Gasteiger partial charge < -0.3 is 15.6 Å². The molecule has 0 aliphatic heterocycles. The van der Waals surface area contributed by atoms with Gasteiger partial charge in [-0.25, -0.2) is 4.39 Å². The number of phenols is 1. The number of hydrogen-bond donors (Lipinski definition) is 2. The summed E-state index contributed by atoms with van der Waals surface area (Å²) in [7, 11) is 0. The van der Waals surface area contributed by atoms with Gasteiger partial charge in [0.2, 0.25) is 0 Å². The van der Waals surface area contributed by atoms with Crippen LogP contribution < -0.4 is 10.5 Å². The van der Waals surface area contributed by atoms with Gasteiger partial charge in [0.05, 0.1) is 6.61 Å². The molecular weight excluding hydrogens is 245 g/mol. The predicted molar refractivity (Wildman–Crippen MR) is 71.8 cm³/mol. The Hall–Kier alpha value is -2.07. The first-order valence-electron chi connectivity index (χ1n) is 6.06. The van der Waals surface area contributed by atoms with E-state index in [2.05, 4.69) is 0 Å². The molecule has 0 saturated heterocycles. The number of nitrogens with two attached hydrogens (primary N) is 1. The zero-order valence-corrected chi connectivity index (χ0v) is 10.4. The molecule has 0 fully saturated rings. The van der Waals surface area contributed by atoms with Gasteiger partial charge in [0.25, 0.3) is 0 Å². The maximum Gasteiger partial charge on any atom is 0.123 e. The first kappa shape index (κ1) is 13.4. The van der Waals surface area contributed by atoms with Crippen LogP contribution in [0.4, 0.5) is 4.39 Å². The van der Waals surface area contributed by atoms with Crippen molar-refractivity contribution in [2.24, 2.45) is 5.73 Å². The Kier molecular flexibility index (Phi) is 4.36. The Bertz CT molecular complexity index is 511. The summed E-state index contributed by atoms with van der Waals surface area (Å²) in [5.41, 5.74) is 6.66. The lowest BCUT2D eigenvalue weighted by atomic mass is 10.0. The summed E-state index contributed by atoms with van der Waals surface area (Å²) in [6.45, 7) is 0.830. The van der Waals surface area contributed by atoms with E-state index in [4.69, 9.17) is 10.5 Å². The van der Waals surface area contributed by atoms with Crippen molar-refractivity contribution in [3.05, 3.63) is 59.9 Å². The fourth-order valence-electron chi connectivity index (χ4n) is 1.77. The first-order valence-corrected chi connectivity index (χ1v) is 6.06. The highest BCUT2D eigenvalue weighted by atomic mass is 19.1. The third-order valence-electron chi connectivity index (χ3n) is 2.91. The van der Waals surface area contributed by atoms with Crippen LogP contribution in [0.25, 0.3) is 0 Å². The molecule has 2 aromatic rings. The lowest BCUT2D eigenvalue weighted by Crippen LogP contribution is -2.19. The molecule has 3 nitrogen and oxygen atoms in total. The van der Waals surface area contributed by atoms with Crippen LogP contribution in [0.2, 0.25) is 0 Å². The molecule has 0 bridgehead atoms. The molecular formula is C15H16FNO2. The standard InChI is InChI=1S/C15H16FNO2/c16-13-3-1-11(2-4-13)12(9-17)10-19-15-7-5-14(18)6-8-15/h1-8,12,18H,9-10,17H2. The average molecular weight is 261 g/mol. The fraction of sp³-hybridized carbons (Fsp3) is 0.200. The van der Waals surface area contributed by atoms with Crippen molar-refractivity contribution in [2.45, 2.75) is 5.92 Å². The number of ether oxygens (including phenoxy) is 1. The van der Waals surface area contributed by atoms with Gasteiger partial charge >= 0.3 is 0 Å². The van der Waals surface area contributed by atoms with Gasteiger partial charge in [0, 0.05) is 12.5 Å². The molecule has 1 atom stereocenters. The van der Waals surface area contributed by atoms with Gasteiger partial charge in [-0.15, -0.1) is 0 Å². The molecule has 2 aromatic carbocycles. The van der Waals surface area contributed by atoms with Gasteiger partial charge in [0.15, 0.2) is 0 Å². The summed E-state index contributed by atoms with van der Waals surface area (Å²) in [5, 5.41) is 9.17. The summed E-state index contributed by atoms with van der Waals surface area (Å²) in [6, 6.07) is 12.8. The van der Waals surface area contributed by atoms with Crippen molar-refractivity contribution in [1.29, 1.82) is 0 Å². The largest absolute Gasteiger partial charge is 0.508 e. The zero-order valence-electron chi connectivity index (χ0n) is 10.4. The molecule has 100 valence electrons. The molecule has 0 aliphatic carbocycles. The molecule has 1 unspecified atom stereocenters. The molecule has 0 aliphatic rings. The van der Waals surface area contributed by atoms with Gasteiger partial charge in [0.1, 0.15) is 17.3 Å². The molecule has 3 N–H and O–H groups in total. The number of aromatic hydroxyl groups is 1. The lowest BCUT2D eigenvalue weighted by Gasteiger charge is -2.16. The molecule has 0 aromatic heterocycles. The quantitative estimate of drug-likeness (QED) is 0.870. The lowest BCUT2D eigenvalue weighted by molar-refractivity contribution is 0.290. The second-order valence-electron chi connectivity index (χ2n) is 4.29. The Morgan fingerprint density at radius 3 is 2.26 bits per heavy atom. The van der Waals surface area contributed by atoms with E-state index in [0.29, 0.717) is 18.9 Å². The van der Waals surface area contributed by atoms with Crippen LogP contribution in [-0.4, -0.2) is 18.3 Å². The Balaban J connectivity index is 1.99.